The zero-order valence-corrected chi connectivity index (χ0v) is 10.9. The van der Waals surface area contributed by atoms with E-state index in [4.69, 9.17) is 0 Å². The zero-order valence-electron chi connectivity index (χ0n) is 9.32. The first-order chi connectivity index (χ1) is 8.09. The summed E-state index contributed by atoms with van der Waals surface area (Å²) in [6.45, 7) is 1.67. The van der Waals surface area contributed by atoms with E-state index < -0.39 is 6.10 Å². The molecule has 2 aromatic carbocycles. The van der Waals surface area contributed by atoms with Gasteiger partial charge in [0.2, 0.25) is 0 Å². The summed E-state index contributed by atoms with van der Waals surface area (Å²) >= 11 is 3.35. The van der Waals surface area contributed by atoms with Crippen LogP contribution in [0.15, 0.2) is 46.9 Å². The van der Waals surface area contributed by atoms with Crippen molar-refractivity contribution in [2.24, 2.45) is 0 Å². The second kappa shape index (κ2) is 4.98. The topological polar surface area (TPSA) is 20.2 Å². The lowest BCUT2D eigenvalue weighted by atomic mass is 9.97. The molecule has 2 rings (SSSR count). The third-order valence-electron chi connectivity index (χ3n) is 2.77. The molecule has 2 aromatic rings. The summed E-state index contributed by atoms with van der Waals surface area (Å²) in [6.07, 6.45) is -0.803. The Morgan fingerprint density at radius 1 is 1.18 bits per heavy atom. The van der Waals surface area contributed by atoms with Crippen LogP contribution in [-0.2, 0) is 0 Å². The molecule has 0 amide bonds. The highest BCUT2D eigenvalue weighted by molar-refractivity contribution is 9.10. The van der Waals surface area contributed by atoms with E-state index in [1.54, 1.807) is 19.1 Å². The SMILES string of the molecule is Cc1c(F)cccc1[C@H](O)c1cccc(Br)c1. The largest absolute Gasteiger partial charge is 0.384 e. The van der Waals surface area contributed by atoms with Crippen molar-refractivity contribution < 1.29 is 9.50 Å². The molecule has 0 unspecified atom stereocenters. The average Bonchev–Trinajstić information content (AvgIpc) is 2.32. The van der Waals surface area contributed by atoms with Crippen LogP contribution in [0.3, 0.4) is 0 Å². The van der Waals surface area contributed by atoms with Crippen LogP contribution >= 0.6 is 15.9 Å². The van der Waals surface area contributed by atoms with Gasteiger partial charge in [0.15, 0.2) is 0 Å². The van der Waals surface area contributed by atoms with Crippen molar-refractivity contribution in [2.45, 2.75) is 13.0 Å². The van der Waals surface area contributed by atoms with Gasteiger partial charge in [-0.3, -0.25) is 0 Å². The molecule has 0 saturated heterocycles. The fourth-order valence-electron chi connectivity index (χ4n) is 1.78. The van der Waals surface area contributed by atoms with Gasteiger partial charge in [0.25, 0.3) is 0 Å². The monoisotopic (exact) mass is 294 g/mol. The van der Waals surface area contributed by atoms with Gasteiger partial charge in [0.1, 0.15) is 11.9 Å². The van der Waals surface area contributed by atoms with Crippen molar-refractivity contribution >= 4 is 15.9 Å². The van der Waals surface area contributed by atoms with Gasteiger partial charge in [-0.25, -0.2) is 4.39 Å². The number of rotatable bonds is 2. The molecule has 0 aliphatic carbocycles. The van der Waals surface area contributed by atoms with E-state index in [0.717, 1.165) is 10.0 Å². The number of hydrogen-bond donors (Lipinski definition) is 1. The first-order valence-corrected chi connectivity index (χ1v) is 6.07. The molecule has 1 N–H and O–H groups in total. The van der Waals surface area contributed by atoms with Gasteiger partial charge in [0, 0.05) is 4.47 Å². The molecule has 1 atom stereocenters. The lowest BCUT2D eigenvalue weighted by molar-refractivity contribution is 0.219. The number of benzene rings is 2. The highest BCUT2D eigenvalue weighted by atomic mass is 79.9. The van der Waals surface area contributed by atoms with Gasteiger partial charge >= 0.3 is 0 Å². The third kappa shape index (κ3) is 2.56. The number of aliphatic hydroxyl groups is 1. The Morgan fingerprint density at radius 3 is 2.59 bits per heavy atom. The normalized spacial score (nSPS) is 12.5. The molecule has 88 valence electrons. The Hall–Kier alpha value is -1.19. The first kappa shape index (κ1) is 12.3. The van der Waals surface area contributed by atoms with Crippen molar-refractivity contribution in [1.82, 2.24) is 0 Å². The van der Waals surface area contributed by atoms with E-state index in [1.165, 1.54) is 6.07 Å². The minimum Gasteiger partial charge on any atom is -0.384 e. The minimum atomic E-state index is -0.803. The lowest BCUT2D eigenvalue weighted by Gasteiger charge is -2.14. The van der Waals surface area contributed by atoms with Crippen molar-refractivity contribution in [3.05, 3.63) is 69.4 Å². The molecule has 0 aromatic heterocycles. The number of hydrogen-bond acceptors (Lipinski definition) is 1. The van der Waals surface area contributed by atoms with Crippen LogP contribution in [-0.4, -0.2) is 5.11 Å². The summed E-state index contributed by atoms with van der Waals surface area (Å²) in [5, 5.41) is 10.2. The average molecular weight is 295 g/mol. The predicted molar refractivity (Wildman–Crippen MR) is 69.3 cm³/mol. The van der Waals surface area contributed by atoms with Crippen LogP contribution in [0, 0.1) is 12.7 Å². The number of halogens is 2. The molecule has 0 spiro atoms. The Bertz CT molecular complexity index is 539. The maximum atomic E-state index is 13.4. The summed E-state index contributed by atoms with van der Waals surface area (Å²) in [5.41, 5.74) is 1.83. The van der Waals surface area contributed by atoms with Gasteiger partial charge in [-0.05, 0) is 41.8 Å². The van der Waals surface area contributed by atoms with Gasteiger partial charge < -0.3 is 5.11 Å². The van der Waals surface area contributed by atoms with Crippen LogP contribution in [0.1, 0.15) is 22.8 Å². The zero-order chi connectivity index (χ0) is 12.4. The summed E-state index contributed by atoms with van der Waals surface area (Å²) in [7, 11) is 0. The first-order valence-electron chi connectivity index (χ1n) is 5.28. The smallest absolute Gasteiger partial charge is 0.126 e. The van der Waals surface area contributed by atoms with E-state index in [2.05, 4.69) is 15.9 Å². The Kier molecular flexibility index (Phi) is 3.60. The highest BCUT2D eigenvalue weighted by Crippen LogP contribution is 2.27. The molecule has 0 aliphatic rings. The molecular weight excluding hydrogens is 283 g/mol. The molecule has 0 fully saturated rings. The third-order valence-corrected chi connectivity index (χ3v) is 3.26. The van der Waals surface area contributed by atoms with Crippen molar-refractivity contribution in [1.29, 1.82) is 0 Å². The fraction of sp³-hybridized carbons (Fsp3) is 0.143. The molecule has 0 saturated carbocycles. The number of aliphatic hydroxyl groups excluding tert-OH is 1. The van der Waals surface area contributed by atoms with Crippen molar-refractivity contribution in [3.63, 3.8) is 0 Å². The Balaban J connectivity index is 2.44. The molecule has 0 heterocycles. The standard InChI is InChI=1S/C14H12BrFO/c1-9-12(6-3-7-13(9)16)14(17)10-4-2-5-11(15)8-10/h2-8,14,17H,1H3/t14-/m1/s1. The Labute approximate surface area is 108 Å². The molecular formula is C14H12BrFO. The van der Waals surface area contributed by atoms with E-state index in [-0.39, 0.29) is 5.82 Å². The van der Waals surface area contributed by atoms with Crippen LogP contribution in [0.4, 0.5) is 4.39 Å². The maximum Gasteiger partial charge on any atom is 0.126 e. The van der Waals surface area contributed by atoms with E-state index >= 15 is 0 Å². The maximum absolute atomic E-state index is 13.4. The van der Waals surface area contributed by atoms with Crippen LogP contribution in [0.5, 0.6) is 0 Å². The van der Waals surface area contributed by atoms with E-state index in [0.29, 0.717) is 11.1 Å². The quantitative estimate of drug-likeness (QED) is 0.888. The predicted octanol–water partition coefficient (Wildman–Crippen LogP) is 3.98. The summed E-state index contributed by atoms with van der Waals surface area (Å²) in [4.78, 5) is 0. The molecule has 0 bridgehead atoms. The second-order valence-electron chi connectivity index (χ2n) is 3.91. The van der Waals surface area contributed by atoms with Gasteiger partial charge in [-0.2, -0.15) is 0 Å². The van der Waals surface area contributed by atoms with Crippen molar-refractivity contribution in [3.8, 4) is 0 Å². The Morgan fingerprint density at radius 2 is 1.88 bits per heavy atom. The molecule has 0 aliphatic heterocycles. The van der Waals surface area contributed by atoms with Crippen LogP contribution < -0.4 is 0 Å². The van der Waals surface area contributed by atoms with Crippen molar-refractivity contribution in [2.75, 3.05) is 0 Å². The summed E-state index contributed by atoms with van der Waals surface area (Å²) < 4.78 is 14.3. The molecule has 0 radical (unpaired) electrons. The van der Waals surface area contributed by atoms with Crippen LogP contribution in [0.25, 0.3) is 0 Å². The van der Waals surface area contributed by atoms with Gasteiger partial charge in [-0.1, -0.05) is 40.2 Å². The van der Waals surface area contributed by atoms with Gasteiger partial charge in [-0.15, -0.1) is 0 Å². The molecule has 17 heavy (non-hydrogen) atoms. The molecule has 3 heteroatoms. The van der Waals surface area contributed by atoms with Gasteiger partial charge in [0.05, 0.1) is 0 Å². The minimum absolute atomic E-state index is 0.295. The lowest BCUT2D eigenvalue weighted by Crippen LogP contribution is -2.03. The van der Waals surface area contributed by atoms with E-state index in [1.807, 2.05) is 24.3 Å². The van der Waals surface area contributed by atoms with E-state index in [9.17, 15) is 9.50 Å². The second-order valence-corrected chi connectivity index (χ2v) is 4.83. The highest BCUT2D eigenvalue weighted by Gasteiger charge is 2.14. The van der Waals surface area contributed by atoms with Crippen LogP contribution in [0.2, 0.25) is 0 Å². The molecule has 1 nitrogen and oxygen atoms in total. The fourth-order valence-corrected chi connectivity index (χ4v) is 2.19. The summed E-state index contributed by atoms with van der Waals surface area (Å²) in [6, 6.07) is 12.1. The summed E-state index contributed by atoms with van der Waals surface area (Å²) in [5.74, 6) is -0.295.